The minimum atomic E-state index is -3.23. The fourth-order valence-electron chi connectivity index (χ4n) is 5.30. The van der Waals surface area contributed by atoms with Crippen LogP contribution in [0.1, 0.15) is 69.8 Å². The summed E-state index contributed by atoms with van der Waals surface area (Å²) in [4.78, 5) is 0. The molecule has 0 unspecified atom stereocenters. The summed E-state index contributed by atoms with van der Waals surface area (Å²) in [6, 6.07) is 4.82. The summed E-state index contributed by atoms with van der Waals surface area (Å²) in [5, 5.41) is 0. The topological polar surface area (TPSA) is 9.23 Å². The molecule has 152 valence electrons. The zero-order chi connectivity index (χ0) is 19.4. The van der Waals surface area contributed by atoms with Crippen molar-refractivity contribution in [3.8, 4) is 5.75 Å². The Kier molecular flexibility index (Phi) is 7.23. The van der Waals surface area contributed by atoms with Crippen molar-refractivity contribution in [2.24, 2.45) is 5.92 Å². The summed E-state index contributed by atoms with van der Waals surface area (Å²) in [7, 11) is -0.782. The molecule has 6 heteroatoms. The van der Waals surface area contributed by atoms with E-state index in [2.05, 4.69) is 11.7 Å². The highest BCUT2D eigenvalue weighted by Crippen LogP contribution is 2.44. The summed E-state index contributed by atoms with van der Waals surface area (Å²) in [6.45, 7) is -0.964. The second-order valence-corrected chi connectivity index (χ2v) is 12.0. The van der Waals surface area contributed by atoms with Gasteiger partial charge in [0.25, 0.3) is 0 Å². The highest BCUT2D eigenvalue weighted by atomic mass is 28.3. The second kappa shape index (κ2) is 9.44. The fraction of sp³-hybridized carbons (Fsp3) is 0.714. The second-order valence-electron chi connectivity index (χ2n) is 8.37. The lowest BCUT2D eigenvalue weighted by atomic mass is 9.86. The van der Waals surface area contributed by atoms with Gasteiger partial charge < -0.3 is 4.74 Å². The first kappa shape index (κ1) is 20.7. The molecule has 3 rings (SSSR count). The molecule has 1 saturated heterocycles. The predicted molar refractivity (Wildman–Crippen MR) is 102 cm³/mol. The Balaban J connectivity index is 1.55. The van der Waals surface area contributed by atoms with Gasteiger partial charge in [-0.15, -0.1) is 0 Å². The van der Waals surface area contributed by atoms with Gasteiger partial charge in [-0.05, 0) is 47.9 Å². The van der Waals surface area contributed by atoms with E-state index in [1.165, 1.54) is 62.7 Å². The van der Waals surface area contributed by atoms with Crippen molar-refractivity contribution >= 4 is 8.80 Å². The van der Waals surface area contributed by atoms with E-state index < -0.39 is 32.8 Å². The lowest BCUT2D eigenvalue weighted by Crippen LogP contribution is -2.29. The molecule has 1 aliphatic heterocycles. The Labute approximate surface area is 161 Å². The number of hydrogen-bond acceptors (Lipinski definition) is 1. The van der Waals surface area contributed by atoms with Crippen molar-refractivity contribution in [3.05, 3.63) is 29.3 Å². The molecule has 1 aromatic carbocycles. The number of ether oxygens (including phenoxy) is 1. The van der Waals surface area contributed by atoms with Crippen LogP contribution < -0.4 is 4.74 Å². The van der Waals surface area contributed by atoms with E-state index >= 15 is 0 Å². The summed E-state index contributed by atoms with van der Waals surface area (Å²) < 4.78 is 56.5. The Bertz CT molecular complexity index is 585. The molecule has 0 spiro atoms. The monoisotopic (exact) mass is 402 g/mol. The van der Waals surface area contributed by atoms with Crippen LogP contribution >= 0.6 is 0 Å². The van der Waals surface area contributed by atoms with Gasteiger partial charge in [-0.2, -0.15) is 8.78 Å². The van der Waals surface area contributed by atoms with E-state index in [1.54, 1.807) is 0 Å². The number of benzene rings is 1. The zero-order valence-electron chi connectivity index (χ0n) is 16.0. The van der Waals surface area contributed by atoms with Crippen LogP contribution in [0.4, 0.5) is 17.6 Å². The molecule has 0 amide bonds. The van der Waals surface area contributed by atoms with Crippen LogP contribution in [0.25, 0.3) is 0 Å². The summed E-state index contributed by atoms with van der Waals surface area (Å²) in [5.74, 6) is -1.97. The number of alkyl halides is 2. The SMILES string of the molecule is CCC[C@H]1CC[C@H]([Si@H]2CC[C@H](c3cc(F)c(OC(F)F)c(F)c3)CC2)CC1. The van der Waals surface area contributed by atoms with Gasteiger partial charge >= 0.3 is 6.61 Å². The van der Waals surface area contributed by atoms with Crippen molar-refractivity contribution in [1.82, 2.24) is 0 Å². The number of rotatable bonds is 6. The third kappa shape index (κ3) is 5.27. The van der Waals surface area contributed by atoms with Crippen LogP contribution in [-0.2, 0) is 0 Å². The Morgan fingerprint density at radius 3 is 2.11 bits per heavy atom. The van der Waals surface area contributed by atoms with E-state index in [0.717, 1.165) is 24.3 Å². The highest BCUT2D eigenvalue weighted by molar-refractivity contribution is 6.60. The van der Waals surface area contributed by atoms with E-state index in [0.29, 0.717) is 5.56 Å². The van der Waals surface area contributed by atoms with Gasteiger partial charge in [0.2, 0.25) is 0 Å². The smallest absolute Gasteiger partial charge is 0.387 e. The van der Waals surface area contributed by atoms with E-state index in [9.17, 15) is 17.6 Å². The molecule has 0 aromatic heterocycles. The van der Waals surface area contributed by atoms with Crippen LogP contribution in [0.15, 0.2) is 12.1 Å². The van der Waals surface area contributed by atoms with Crippen molar-refractivity contribution in [2.45, 2.75) is 88.4 Å². The molecule has 1 heterocycles. The van der Waals surface area contributed by atoms with Crippen LogP contribution in [-0.4, -0.2) is 15.4 Å². The Hall–Kier alpha value is -1.04. The van der Waals surface area contributed by atoms with E-state index in [4.69, 9.17) is 0 Å². The van der Waals surface area contributed by atoms with E-state index in [1.807, 2.05) is 0 Å². The summed E-state index contributed by atoms with van der Waals surface area (Å²) in [6.07, 6.45) is 10.1. The van der Waals surface area contributed by atoms with Gasteiger partial charge in [-0.3, -0.25) is 0 Å². The Morgan fingerprint density at radius 2 is 1.59 bits per heavy atom. The van der Waals surface area contributed by atoms with Crippen LogP contribution in [0.5, 0.6) is 5.75 Å². The van der Waals surface area contributed by atoms with Gasteiger partial charge in [-0.1, -0.05) is 57.5 Å². The number of halogens is 4. The molecule has 0 atom stereocenters. The molecule has 1 aliphatic carbocycles. The van der Waals surface area contributed by atoms with Gasteiger partial charge in [0.1, 0.15) is 0 Å². The van der Waals surface area contributed by atoms with Crippen molar-refractivity contribution in [3.63, 3.8) is 0 Å². The highest BCUT2D eigenvalue weighted by Gasteiger charge is 2.32. The molecule has 1 aromatic rings. The molecule has 1 nitrogen and oxygen atoms in total. The maximum Gasteiger partial charge on any atom is 0.387 e. The predicted octanol–water partition coefficient (Wildman–Crippen LogP) is 7.03. The number of hydrogen-bond donors (Lipinski definition) is 0. The van der Waals surface area contributed by atoms with Gasteiger partial charge in [0.15, 0.2) is 17.4 Å². The third-order valence-electron chi connectivity index (χ3n) is 6.73. The minimum Gasteiger partial charge on any atom is -0.429 e. The minimum absolute atomic E-state index is 0.134. The maximum absolute atomic E-state index is 14.0. The first-order valence-corrected chi connectivity index (χ1v) is 12.7. The van der Waals surface area contributed by atoms with Gasteiger partial charge in [-0.25, -0.2) is 8.78 Å². The molecule has 0 radical (unpaired) electrons. The summed E-state index contributed by atoms with van der Waals surface area (Å²) >= 11 is 0. The average Bonchev–Trinajstić information content (AvgIpc) is 2.65. The van der Waals surface area contributed by atoms with Crippen molar-refractivity contribution in [2.75, 3.05) is 0 Å². The van der Waals surface area contributed by atoms with Crippen LogP contribution in [0.2, 0.25) is 17.6 Å². The molecule has 0 N–H and O–H groups in total. The molecule has 2 aliphatic rings. The zero-order valence-corrected chi connectivity index (χ0v) is 17.2. The molecular weight excluding hydrogens is 372 g/mol. The molecule has 27 heavy (non-hydrogen) atoms. The van der Waals surface area contributed by atoms with Crippen molar-refractivity contribution in [1.29, 1.82) is 0 Å². The van der Waals surface area contributed by atoms with Crippen LogP contribution in [0, 0.1) is 17.6 Å². The summed E-state index contributed by atoms with van der Waals surface area (Å²) in [5.41, 5.74) is 1.53. The van der Waals surface area contributed by atoms with Gasteiger partial charge in [0.05, 0.1) is 0 Å². The first-order valence-electron chi connectivity index (χ1n) is 10.4. The normalized spacial score (nSPS) is 29.1. The molecule has 1 saturated carbocycles. The van der Waals surface area contributed by atoms with Crippen LogP contribution in [0.3, 0.4) is 0 Å². The molecule has 2 fully saturated rings. The van der Waals surface area contributed by atoms with Crippen molar-refractivity contribution < 1.29 is 22.3 Å². The third-order valence-corrected chi connectivity index (χ3v) is 10.9. The Morgan fingerprint density at radius 1 is 1.00 bits per heavy atom. The lowest BCUT2D eigenvalue weighted by Gasteiger charge is -2.37. The molecular formula is C21H30F4OSi. The quantitative estimate of drug-likeness (QED) is 0.366. The fourth-order valence-corrected chi connectivity index (χ4v) is 9.52. The average molecular weight is 403 g/mol. The van der Waals surface area contributed by atoms with E-state index in [-0.39, 0.29) is 5.92 Å². The first-order chi connectivity index (χ1) is 13.0. The largest absolute Gasteiger partial charge is 0.429 e. The standard InChI is InChI=1S/C21H30F4OSi/c1-2-3-14-4-6-17(7-5-14)27-10-8-15(9-11-27)16-12-18(22)20(19(23)13-16)26-21(24)25/h12-15,17,21,27H,2-11H2,1H3/t14-,15-,17-,27-. The van der Waals surface area contributed by atoms with Gasteiger partial charge in [0, 0.05) is 8.80 Å². The lowest BCUT2D eigenvalue weighted by molar-refractivity contribution is -0.0546. The maximum atomic E-state index is 14.0. The molecule has 0 bridgehead atoms.